The first-order valence-electron chi connectivity index (χ1n) is 13.2. The van der Waals surface area contributed by atoms with E-state index in [9.17, 15) is 14.4 Å². The van der Waals surface area contributed by atoms with Gasteiger partial charge in [0, 0.05) is 41.0 Å². The molecule has 1 heterocycles. The van der Waals surface area contributed by atoms with Crippen molar-refractivity contribution in [1.82, 2.24) is 4.90 Å². The van der Waals surface area contributed by atoms with Crippen LogP contribution in [-0.4, -0.2) is 65.9 Å². The van der Waals surface area contributed by atoms with Gasteiger partial charge < -0.3 is 19.2 Å². The number of aldehydes is 1. The van der Waals surface area contributed by atoms with Crippen molar-refractivity contribution in [3.8, 4) is 11.5 Å². The molecule has 204 valence electrons. The number of Topliss-reactive ketones (excluding diaryl/α,β-unsaturated/α-hetero) is 1. The van der Waals surface area contributed by atoms with Crippen LogP contribution in [0, 0.1) is 5.92 Å². The summed E-state index contributed by atoms with van der Waals surface area (Å²) in [7, 11) is 0. The fourth-order valence-corrected chi connectivity index (χ4v) is 4.60. The molecule has 1 fully saturated rings. The third-order valence-electron chi connectivity index (χ3n) is 6.57. The number of ketones is 1. The zero-order valence-corrected chi connectivity index (χ0v) is 24.3. The fourth-order valence-electron chi connectivity index (χ4n) is 4.42. The second-order valence-electron chi connectivity index (χ2n) is 9.69. The molecular formula is C30H37IN2O5. The minimum absolute atomic E-state index is 0.00670. The molecule has 0 bridgehead atoms. The van der Waals surface area contributed by atoms with Crippen LogP contribution in [0.4, 0.5) is 0 Å². The highest BCUT2D eigenvalue weighted by Crippen LogP contribution is 2.27. The van der Waals surface area contributed by atoms with Crippen molar-refractivity contribution in [2.75, 3.05) is 30.7 Å². The molecule has 2 aromatic carbocycles. The number of carbonyl (C=O) groups is 3. The summed E-state index contributed by atoms with van der Waals surface area (Å²) >= 11 is 2.29. The molecule has 3 unspecified atom stereocenters. The maximum atomic E-state index is 12.5. The second-order valence-corrected chi connectivity index (χ2v) is 10.6. The van der Waals surface area contributed by atoms with E-state index in [1.165, 1.54) is 6.92 Å². The van der Waals surface area contributed by atoms with Crippen molar-refractivity contribution < 1.29 is 23.9 Å². The lowest BCUT2D eigenvalue weighted by atomic mass is 9.87. The predicted octanol–water partition coefficient (Wildman–Crippen LogP) is 5.54. The van der Waals surface area contributed by atoms with E-state index in [1.807, 2.05) is 31.2 Å². The summed E-state index contributed by atoms with van der Waals surface area (Å²) in [6.07, 6.45) is 5.82. The van der Waals surface area contributed by atoms with Crippen LogP contribution in [-0.2, 0) is 9.59 Å². The number of rotatable bonds is 15. The van der Waals surface area contributed by atoms with Gasteiger partial charge in [0.05, 0.1) is 6.61 Å². The Bertz CT molecular complexity index is 1070. The van der Waals surface area contributed by atoms with E-state index in [-0.39, 0.29) is 30.1 Å². The van der Waals surface area contributed by atoms with Gasteiger partial charge in [0.2, 0.25) is 5.91 Å². The Morgan fingerprint density at radius 2 is 1.71 bits per heavy atom. The van der Waals surface area contributed by atoms with Crippen LogP contribution in [0.15, 0.2) is 53.5 Å². The lowest BCUT2D eigenvalue weighted by molar-refractivity contribution is -0.118. The molecule has 0 aliphatic carbocycles. The summed E-state index contributed by atoms with van der Waals surface area (Å²) < 4.78 is 12.4. The summed E-state index contributed by atoms with van der Waals surface area (Å²) in [6, 6.07) is 14.6. The van der Waals surface area contributed by atoms with Gasteiger partial charge in [-0.25, -0.2) is 4.99 Å². The Morgan fingerprint density at radius 1 is 1.05 bits per heavy atom. The summed E-state index contributed by atoms with van der Waals surface area (Å²) in [4.78, 5) is 42.7. The molecule has 0 aromatic heterocycles. The molecule has 2 aromatic rings. The molecule has 1 aliphatic heterocycles. The Balaban J connectivity index is 1.58. The van der Waals surface area contributed by atoms with Gasteiger partial charge in [-0.15, -0.1) is 0 Å². The van der Waals surface area contributed by atoms with E-state index in [0.717, 1.165) is 48.0 Å². The molecule has 0 saturated carbocycles. The Hall–Kier alpha value is -2.59. The number of ether oxygens (including phenoxy) is 2. The van der Waals surface area contributed by atoms with Crippen molar-refractivity contribution in [1.29, 1.82) is 0 Å². The maximum Gasteiger partial charge on any atom is 0.245 e. The molecule has 8 heteroatoms. The van der Waals surface area contributed by atoms with Crippen LogP contribution in [0.5, 0.6) is 11.5 Å². The highest BCUT2D eigenvalue weighted by atomic mass is 127. The standard InChI is InChI=1S/C30H37IN2O5/c1-22(18-31)38-28-13-9-25(10-14-28)29(21-34)26(20-33-15-3-4-16-33)19-32-30(36)6-5-17-37-27-11-7-24(8-12-27)23(2)35/h7-14,19,21-22,26,29H,3-6,15-18,20H2,1-2H3. The molecule has 3 atom stereocenters. The van der Waals surface area contributed by atoms with Crippen LogP contribution in [0.25, 0.3) is 0 Å². The van der Waals surface area contributed by atoms with Gasteiger partial charge in [0.15, 0.2) is 5.78 Å². The monoisotopic (exact) mass is 632 g/mol. The number of carbonyl (C=O) groups excluding carboxylic acids is 3. The summed E-state index contributed by atoms with van der Waals surface area (Å²) in [5.41, 5.74) is 1.52. The van der Waals surface area contributed by atoms with Crippen molar-refractivity contribution in [3.63, 3.8) is 0 Å². The van der Waals surface area contributed by atoms with Crippen LogP contribution >= 0.6 is 22.6 Å². The lowest BCUT2D eigenvalue weighted by Gasteiger charge is -2.25. The molecule has 1 saturated heterocycles. The average molecular weight is 633 g/mol. The molecule has 1 aliphatic rings. The van der Waals surface area contributed by atoms with Crippen LogP contribution in [0.1, 0.15) is 61.4 Å². The number of halogens is 1. The number of hydrogen-bond donors (Lipinski definition) is 0. The molecule has 0 radical (unpaired) electrons. The normalized spacial score (nSPS) is 16.2. The van der Waals surface area contributed by atoms with Gasteiger partial charge in [0.1, 0.15) is 23.9 Å². The highest BCUT2D eigenvalue weighted by Gasteiger charge is 2.25. The molecule has 1 amide bonds. The van der Waals surface area contributed by atoms with Crippen molar-refractivity contribution >= 4 is 46.8 Å². The van der Waals surface area contributed by atoms with E-state index in [2.05, 4.69) is 32.5 Å². The third kappa shape index (κ3) is 9.62. The van der Waals surface area contributed by atoms with Crippen molar-refractivity contribution in [2.24, 2.45) is 10.9 Å². The second kappa shape index (κ2) is 15.7. The topological polar surface area (TPSA) is 85.3 Å². The number of alkyl halides is 1. The first-order valence-corrected chi connectivity index (χ1v) is 14.7. The molecule has 38 heavy (non-hydrogen) atoms. The van der Waals surface area contributed by atoms with Gasteiger partial charge >= 0.3 is 0 Å². The molecule has 0 spiro atoms. The lowest BCUT2D eigenvalue weighted by Crippen LogP contribution is -2.32. The molecular weight excluding hydrogens is 595 g/mol. The maximum absolute atomic E-state index is 12.5. The summed E-state index contributed by atoms with van der Waals surface area (Å²) in [5.74, 6) is 0.612. The van der Waals surface area contributed by atoms with Crippen LogP contribution < -0.4 is 9.47 Å². The van der Waals surface area contributed by atoms with E-state index in [1.54, 1.807) is 30.5 Å². The van der Waals surface area contributed by atoms with E-state index >= 15 is 0 Å². The number of likely N-dealkylation sites (tertiary alicyclic amines) is 1. The predicted molar refractivity (Wildman–Crippen MR) is 158 cm³/mol. The SMILES string of the molecule is CC(=O)c1ccc(OCCCC(=O)N=CC(CN2CCCC2)C(C=O)c2ccc(OC(C)CI)cc2)cc1. The van der Waals surface area contributed by atoms with Crippen molar-refractivity contribution in [2.45, 2.75) is 51.6 Å². The number of hydrogen-bond acceptors (Lipinski definition) is 6. The van der Waals surface area contributed by atoms with Crippen LogP contribution in [0.3, 0.4) is 0 Å². The number of nitrogens with zero attached hydrogens (tertiary/aromatic N) is 2. The smallest absolute Gasteiger partial charge is 0.245 e. The highest BCUT2D eigenvalue weighted by molar-refractivity contribution is 14.1. The third-order valence-corrected chi connectivity index (χ3v) is 7.81. The Kier molecular flexibility index (Phi) is 12.4. The molecule has 0 N–H and O–H groups in total. The minimum Gasteiger partial charge on any atom is -0.494 e. The molecule has 7 nitrogen and oxygen atoms in total. The van der Waals surface area contributed by atoms with Gasteiger partial charge in [-0.05, 0) is 88.2 Å². The molecule has 3 rings (SSSR count). The van der Waals surface area contributed by atoms with Gasteiger partial charge in [-0.1, -0.05) is 34.7 Å². The van der Waals surface area contributed by atoms with E-state index in [0.29, 0.717) is 30.9 Å². The fraction of sp³-hybridized carbons (Fsp3) is 0.467. The zero-order chi connectivity index (χ0) is 27.3. The average Bonchev–Trinajstić information content (AvgIpc) is 3.44. The van der Waals surface area contributed by atoms with E-state index in [4.69, 9.17) is 9.47 Å². The summed E-state index contributed by atoms with van der Waals surface area (Å²) in [6.45, 7) is 6.59. The Morgan fingerprint density at radius 3 is 2.32 bits per heavy atom. The number of benzene rings is 2. The first-order chi connectivity index (χ1) is 18.4. The summed E-state index contributed by atoms with van der Waals surface area (Å²) in [5, 5.41) is 0. The minimum atomic E-state index is -0.399. The van der Waals surface area contributed by atoms with Crippen molar-refractivity contribution in [3.05, 3.63) is 59.7 Å². The van der Waals surface area contributed by atoms with Gasteiger partial charge in [-0.3, -0.25) is 9.59 Å². The van der Waals surface area contributed by atoms with E-state index < -0.39 is 5.92 Å². The first kappa shape index (κ1) is 30.0. The quantitative estimate of drug-likeness (QED) is 0.0641. The van der Waals surface area contributed by atoms with Gasteiger partial charge in [0.25, 0.3) is 0 Å². The zero-order valence-electron chi connectivity index (χ0n) is 22.2. The largest absolute Gasteiger partial charge is 0.494 e. The van der Waals surface area contributed by atoms with Crippen LogP contribution in [0.2, 0.25) is 0 Å². The Labute approximate surface area is 239 Å². The number of aliphatic imine (C=N–C) groups is 1. The number of amides is 1. The van der Waals surface area contributed by atoms with Gasteiger partial charge in [-0.2, -0.15) is 0 Å².